The Morgan fingerprint density at radius 2 is 1.61 bits per heavy atom. The third-order valence-corrected chi connectivity index (χ3v) is 6.98. The highest BCUT2D eigenvalue weighted by molar-refractivity contribution is 7.99. The van der Waals surface area contributed by atoms with Crippen LogP contribution in [0.25, 0.3) is 22.6 Å². The first-order chi connectivity index (χ1) is 15.2. The van der Waals surface area contributed by atoms with Crippen LogP contribution in [0.2, 0.25) is 0 Å². The van der Waals surface area contributed by atoms with Crippen LogP contribution in [0.3, 0.4) is 0 Å². The predicted octanol–water partition coefficient (Wildman–Crippen LogP) is 3.92. The highest BCUT2D eigenvalue weighted by Crippen LogP contribution is 2.29. The van der Waals surface area contributed by atoms with Gasteiger partial charge < -0.3 is 18.8 Å². The van der Waals surface area contributed by atoms with E-state index in [1.54, 1.807) is 6.07 Å². The van der Waals surface area contributed by atoms with Crippen molar-refractivity contribution in [2.24, 2.45) is 0 Å². The highest BCUT2D eigenvalue weighted by Gasteiger charge is 2.15. The molecule has 0 saturated carbocycles. The minimum Gasteiger partial charge on any atom is -0.453 e. The Morgan fingerprint density at radius 3 is 2.32 bits per heavy atom. The van der Waals surface area contributed by atoms with E-state index >= 15 is 0 Å². The molecule has 0 unspecified atom stereocenters. The van der Waals surface area contributed by atoms with Gasteiger partial charge in [-0.05, 0) is 30.7 Å². The Bertz CT molecular complexity index is 1010. The van der Waals surface area contributed by atoms with Crippen LogP contribution in [-0.4, -0.2) is 67.5 Å². The van der Waals surface area contributed by atoms with Gasteiger partial charge in [-0.15, -0.1) is 0 Å². The summed E-state index contributed by atoms with van der Waals surface area (Å²) in [5.74, 6) is 4.59. The smallest absolute Gasteiger partial charge is 0.182 e. The fraction of sp³-hybridized carbons (Fsp3) is 0.478. The van der Waals surface area contributed by atoms with E-state index in [-0.39, 0.29) is 5.43 Å². The van der Waals surface area contributed by atoms with Gasteiger partial charge >= 0.3 is 0 Å². The number of aromatic nitrogens is 1. The predicted molar refractivity (Wildman–Crippen MR) is 130 cm³/mol. The molecule has 2 heterocycles. The number of ether oxygens (including phenoxy) is 2. The number of thioether (sulfide) groups is 2. The SMILES string of the molecule is Cc1cc(=O)cc2oc3cc(N4CCSCCOCCOCCSCC4)ccc3nc1-2. The average Bonchev–Trinajstić information content (AvgIpc) is 2.77. The molecule has 1 aromatic rings. The number of nitrogens with zero attached hydrogens (tertiary/aromatic N) is 2. The van der Waals surface area contributed by atoms with E-state index < -0.39 is 0 Å². The molecule has 166 valence electrons. The molecule has 1 aromatic carbocycles. The van der Waals surface area contributed by atoms with Crippen LogP contribution in [0.15, 0.2) is 39.5 Å². The topological polar surface area (TPSA) is 64.8 Å². The summed E-state index contributed by atoms with van der Waals surface area (Å²) in [6, 6.07) is 9.28. The highest BCUT2D eigenvalue weighted by atomic mass is 32.2. The molecule has 6 nitrogen and oxygen atoms in total. The lowest BCUT2D eigenvalue weighted by Gasteiger charge is -2.25. The molecule has 4 rings (SSSR count). The molecule has 8 heteroatoms. The maximum absolute atomic E-state index is 11.9. The number of aryl methyl sites for hydroxylation is 1. The van der Waals surface area contributed by atoms with Crippen molar-refractivity contribution in [3.8, 4) is 11.5 Å². The third-order valence-electron chi connectivity index (χ3n) is 5.13. The van der Waals surface area contributed by atoms with Gasteiger partial charge in [-0.1, -0.05) is 0 Å². The van der Waals surface area contributed by atoms with Crippen LogP contribution in [-0.2, 0) is 9.47 Å². The molecule has 0 spiro atoms. The second-order valence-electron chi connectivity index (χ2n) is 7.39. The van der Waals surface area contributed by atoms with E-state index in [0.717, 1.165) is 71.8 Å². The van der Waals surface area contributed by atoms with Crippen molar-refractivity contribution in [3.63, 3.8) is 0 Å². The minimum absolute atomic E-state index is 0.0568. The summed E-state index contributed by atoms with van der Waals surface area (Å²) in [6.45, 7) is 6.67. The van der Waals surface area contributed by atoms with Gasteiger partial charge in [0.15, 0.2) is 16.8 Å². The van der Waals surface area contributed by atoms with Crippen molar-refractivity contribution in [2.75, 3.05) is 67.4 Å². The first kappa shape index (κ1) is 22.5. The molecule has 0 amide bonds. The van der Waals surface area contributed by atoms with Crippen molar-refractivity contribution in [2.45, 2.75) is 6.92 Å². The van der Waals surface area contributed by atoms with Gasteiger partial charge in [0.1, 0.15) is 11.2 Å². The monoisotopic (exact) mass is 460 g/mol. The van der Waals surface area contributed by atoms with Gasteiger partial charge in [0.2, 0.25) is 0 Å². The van der Waals surface area contributed by atoms with Crippen LogP contribution in [0, 0.1) is 6.92 Å². The standard InChI is InChI=1S/C23H28N2O4S2/c1-17-14-19(26)16-22-23(17)24-20-3-2-18(15-21(20)29-22)25-4-10-30-12-8-27-6-7-28-9-13-31-11-5-25/h2-3,14-16H,4-13H2,1H3. The fourth-order valence-electron chi connectivity index (χ4n) is 3.53. The lowest BCUT2D eigenvalue weighted by atomic mass is 10.1. The summed E-state index contributed by atoms with van der Waals surface area (Å²) in [7, 11) is 0. The first-order valence-corrected chi connectivity index (χ1v) is 12.9. The molecule has 2 aliphatic heterocycles. The lowest BCUT2D eigenvalue weighted by molar-refractivity contribution is 0.0605. The molecule has 1 saturated heterocycles. The number of hydrogen-bond donors (Lipinski definition) is 0. The number of rotatable bonds is 1. The average molecular weight is 461 g/mol. The minimum atomic E-state index is -0.0568. The Hall–Kier alpha value is -1.74. The molecule has 0 N–H and O–H groups in total. The number of fused-ring (bicyclic) bond motifs is 2. The van der Waals surface area contributed by atoms with E-state index in [9.17, 15) is 4.79 Å². The first-order valence-electron chi connectivity index (χ1n) is 10.6. The van der Waals surface area contributed by atoms with Crippen molar-refractivity contribution in [3.05, 3.63) is 46.1 Å². The van der Waals surface area contributed by atoms with Crippen molar-refractivity contribution in [1.82, 2.24) is 4.98 Å². The Labute approximate surface area is 191 Å². The van der Waals surface area contributed by atoms with Crippen molar-refractivity contribution >= 4 is 40.3 Å². The van der Waals surface area contributed by atoms with E-state index in [0.29, 0.717) is 24.6 Å². The Kier molecular flexibility index (Phi) is 8.13. The van der Waals surface area contributed by atoms with Crippen LogP contribution >= 0.6 is 23.5 Å². The van der Waals surface area contributed by atoms with Gasteiger partial charge in [0.25, 0.3) is 0 Å². The second kappa shape index (κ2) is 11.2. The summed E-state index contributed by atoms with van der Waals surface area (Å²) in [5, 5.41) is 0. The molecule has 1 aliphatic carbocycles. The fourth-order valence-corrected chi connectivity index (χ4v) is 5.11. The van der Waals surface area contributed by atoms with Gasteiger partial charge in [-0.2, -0.15) is 23.5 Å². The maximum atomic E-state index is 11.9. The van der Waals surface area contributed by atoms with Gasteiger partial charge in [-0.25, -0.2) is 4.98 Å². The van der Waals surface area contributed by atoms with Crippen molar-refractivity contribution in [1.29, 1.82) is 0 Å². The molecule has 0 radical (unpaired) electrons. The number of anilines is 1. The normalized spacial score (nSPS) is 18.0. The third kappa shape index (κ3) is 6.16. The van der Waals surface area contributed by atoms with Crippen molar-refractivity contribution < 1.29 is 13.9 Å². The molecule has 3 aliphatic rings. The Balaban J connectivity index is 1.55. The van der Waals surface area contributed by atoms with Gasteiger partial charge in [0.05, 0.1) is 26.4 Å². The van der Waals surface area contributed by atoms with E-state index in [2.05, 4.69) is 11.0 Å². The van der Waals surface area contributed by atoms with E-state index in [1.165, 1.54) is 6.07 Å². The summed E-state index contributed by atoms with van der Waals surface area (Å²) < 4.78 is 17.3. The van der Waals surface area contributed by atoms with Gasteiger partial charge in [-0.3, -0.25) is 4.79 Å². The summed E-state index contributed by atoms with van der Waals surface area (Å²) >= 11 is 3.81. The molecule has 31 heavy (non-hydrogen) atoms. The van der Waals surface area contributed by atoms with E-state index in [4.69, 9.17) is 18.9 Å². The molecule has 0 atom stereocenters. The maximum Gasteiger partial charge on any atom is 0.182 e. The summed E-state index contributed by atoms with van der Waals surface area (Å²) in [5.41, 5.74) is 4.14. The molecule has 0 bridgehead atoms. The van der Waals surface area contributed by atoms with E-state index in [1.807, 2.05) is 42.6 Å². The molecular weight excluding hydrogens is 432 g/mol. The van der Waals surface area contributed by atoms with Crippen LogP contribution in [0.5, 0.6) is 0 Å². The second-order valence-corrected chi connectivity index (χ2v) is 9.84. The molecular formula is C23H28N2O4S2. The quantitative estimate of drug-likeness (QED) is 0.507. The lowest BCUT2D eigenvalue weighted by Crippen LogP contribution is -2.28. The number of benzene rings is 2. The zero-order chi connectivity index (χ0) is 21.5. The molecule has 1 fully saturated rings. The Morgan fingerprint density at radius 1 is 0.903 bits per heavy atom. The van der Waals surface area contributed by atoms with Crippen LogP contribution in [0.4, 0.5) is 5.69 Å². The van der Waals surface area contributed by atoms with Crippen LogP contribution in [0.1, 0.15) is 5.56 Å². The summed E-state index contributed by atoms with van der Waals surface area (Å²) in [4.78, 5) is 19.0. The zero-order valence-electron chi connectivity index (χ0n) is 17.8. The number of hydrogen-bond acceptors (Lipinski definition) is 8. The largest absolute Gasteiger partial charge is 0.453 e. The van der Waals surface area contributed by atoms with Gasteiger partial charge in [0, 0.05) is 53.9 Å². The summed E-state index contributed by atoms with van der Waals surface area (Å²) in [6.07, 6.45) is 0. The zero-order valence-corrected chi connectivity index (χ0v) is 19.4. The van der Waals surface area contributed by atoms with Crippen LogP contribution < -0.4 is 10.3 Å². The molecule has 0 aromatic heterocycles.